The van der Waals surface area contributed by atoms with Gasteiger partial charge in [0.25, 0.3) is 5.56 Å². The first-order valence-corrected chi connectivity index (χ1v) is 8.90. The molecule has 0 saturated heterocycles. The van der Waals surface area contributed by atoms with Gasteiger partial charge in [-0.3, -0.25) is 4.79 Å². The summed E-state index contributed by atoms with van der Waals surface area (Å²) >= 11 is 0. The molecule has 1 aliphatic rings. The number of aromatic hydroxyl groups is 1. The molecule has 0 aliphatic carbocycles. The molecule has 1 aliphatic heterocycles. The van der Waals surface area contributed by atoms with Crippen LogP contribution in [-0.2, 0) is 0 Å². The zero-order valence-corrected chi connectivity index (χ0v) is 15.0. The summed E-state index contributed by atoms with van der Waals surface area (Å²) in [6.07, 6.45) is 3.76. The summed E-state index contributed by atoms with van der Waals surface area (Å²) in [6, 6.07) is 16.0. The summed E-state index contributed by atoms with van der Waals surface area (Å²) < 4.78 is 1.59. The molecule has 4 aromatic rings. The van der Waals surface area contributed by atoms with Crippen molar-refractivity contribution in [3.8, 4) is 5.75 Å². The Morgan fingerprint density at radius 3 is 2.62 bits per heavy atom. The Bertz CT molecular complexity index is 1260. The molecular formula is C20H15N7O2. The highest BCUT2D eigenvalue weighted by Gasteiger charge is 2.33. The molecule has 0 radical (unpaired) electrons. The highest BCUT2D eigenvalue weighted by Crippen LogP contribution is 2.38. The summed E-state index contributed by atoms with van der Waals surface area (Å²) in [5.41, 5.74) is 3.01. The normalized spacial score (nSPS) is 15.0. The smallest absolute Gasteiger partial charge is 0.288 e. The van der Waals surface area contributed by atoms with Gasteiger partial charge in [-0.1, -0.05) is 53.6 Å². The molecule has 3 heterocycles. The Morgan fingerprint density at radius 1 is 1.03 bits per heavy atom. The SMILES string of the molecule is O=c1[nH]nc(/C=C/c2ccccc2)c2c1Nc1nnnn1[C@H]2c1ccc(O)cc1. The minimum Gasteiger partial charge on any atom is -0.508 e. The topological polar surface area (TPSA) is 122 Å². The Morgan fingerprint density at radius 2 is 1.83 bits per heavy atom. The van der Waals surface area contributed by atoms with Gasteiger partial charge in [0.2, 0.25) is 5.95 Å². The number of phenolic OH excluding ortho intramolecular Hbond substituents is 1. The highest BCUT2D eigenvalue weighted by atomic mass is 16.3. The van der Waals surface area contributed by atoms with E-state index in [-0.39, 0.29) is 11.3 Å². The van der Waals surface area contributed by atoms with Crippen molar-refractivity contribution < 1.29 is 5.11 Å². The van der Waals surface area contributed by atoms with Gasteiger partial charge < -0.3 is 10.4 Å². The lowest BCUT2D eigenvalue weighted by Crippen LogP contribution is -2.29. The second kappa shape index (κ2) is 6.71. The van der Waals surface area contributed by atoms with E-state index in [0.717, 1.165) is 11.1 Å². The number of hydrogen-bond donors (Lipinski definition) is 3. The zero-order chi connectivity index (χ0) is 19.8. The van der Waals surface area contributed by atoms with E-state index in [2.05, 4.69) is 31.0 Å². The summed E-state index contributed by atoms with van der Waals surface area (Å²) in [4.78, 5) is 12.5. The molecule has 9 nitrogen and oxygen atoms in total. The summed E-state index contributed by atoms with van der Waals surface area (Å²) in [6.45, 7) is 0. The highest BCUT2D eigenvalue weighted by molar-refractivity contribution is 5.75. The number of fused-ring (bicyclic) bond motifs is 2. The lowest BCUT2D eigenvalue weighted by Gasteiger charge is -2.27. The number of benzene rings is 2. The van der Waals surface area contributed by atoms with Gasteiger partial charge in [-0.2, -0.15) is 9.78 Å². The van der Waals surface area contributed by atoms with Crippen LogP contribution in [0.15, 0.2) is 59.4 Å². The van der Waals surface area contributed by atoms with Crippen LogP contribution in [0.5, 0.6) is 5.75 Å². The molecule has 0 saturated carbocycles. The van der Waals surface area contributed by atoms with Crippen LogP contribution >= 0.6 is 0 Å². The molecule has 0 bridgehead atoms. The average Bonchev–Trinajstić information content (AvgIpc) is 3.22. The molecular weight excluding hydrogens is 370 g/mol. The number of aromatic nitrogens is 6. The predicted octanol–water partition coefficient (Wildman–Crippen LogP) is 2.33. The number of phenols is 1. The molecule has 29 heavy (non-hydrogen) atoms. The number of nitrogens with zero attached hydrogens (tertiary/aromatic N) is 5. The number of H-pyrrole nitrogens is 1. The Balaban J connectivity index is 1.71. The number of hydrogen-bond acceptors (Lipinski definition) is 7. The van der Waals surface area contributed by atoms with Crippen LogP contribution in [0.25, 0.3) is 12.2 Å². The van der Waals surface area contributed by atoms with E-state index in [1.165, 1.54) is 0 Å². The first-order chi connectivity index (χ1) is 14.2. The van der Waals surface area contributed by atoms with E-state index in [9.17, 15) is 9.90 Å². The lowest BCUT2D eigenvalue weighted by molar-refractivity contribution is 0.474. The fourth-order valence-electron chi connectivity index (χ4n) is 3.39. The monoisotopic (exact) mass is 385 g/mol. The first kappa shape index (κ1) is 16.9. The van der Waals surface area contributed by atoms with Gasteiger partial charge in [0.15, 0.2) is 0 Å². The largest absolute Gasteiger partial charge is 0.508 e. The number of rotatable bonds is 3. The molecule has 3 N–H and O–H groups in total. The van der Waals surface area contributed by atoms with E-state index in [4.69, 9.17) is 0 Å². The molecule has 2 aromatic heterocycles. The maximum atomic E-state index is 12.5. The van der Waals surface area contributed by atoms with Crippen LogP contribution in [0.4, 0.5) is 11.6 Å². The maximum Gasteiger partial charge on any atom is 0.288 e. The number of tetrazole rings is 1. The molecule has 2 aromatic carbocycles. The van der Waals surface area contributed by atoms with E-state index >= 15 is 0 Å². The molecule has 0 unspecified atom stereocenters. The molecule has 0 fully saturated rings. The van der Waals surface area contributed by atoms with E-state index < -0.39 is 6.04 Å². The fourth-order valence-corrected chi connectivity index (χ4v) is 3.39. The van der Waals surface area contributed by atoms with Gasteiger partial charge in [0, 0.05) is 5.56 Å². The Kier molecular flexibility index (Phi) is 3.91. The van der Waals surface area contributed by atoms with Crippen molar-refractivity contribution in [1.29, 1.82) is 0 Å². The summed E-state index contributed by atoms with van der Waals surface area (Å²) in [5.74, 6) is 0.498. The van der Waals surface area contributed by atoms with Crippen molar-refractivity contribution in [3.05, 3.63) is 87.3 Å². The summed E-state index contributed by atoms with van der Waals surface area (Å²) in [7, 11) is 0. The zero-order valence-electron chi connectivity index (χ0n) is 15.0. The Labute approximate surface area is 164 Å². The van der Waals surface area contributed by atoms with E-state index in [1.807, 2.05) is 42.5 Å². The standard InChI is InChI=1S/C20H15N7O2/c28-14-9-7-13(8-10-14)18-16-15(11-6-12-4-2-1-3-5-12)22-23-19(29)17(16)21-20-24-25-26-27(18)20/h1-11,18,28H,(H,23,29)(H,21,24,26)/b11-6+/t18-/m0/s1. The van der Waals surface area contributed by atoms with Gasteiger partial charge in [-0.15, -0.1) is 0 Å². The molecule has 5 rings (SSSR count). The number of aromatic amines is 1. The number of nitrogens with one attached hydrogen (secondary N) is 2. The van der Waals surface area contributed by atoms with Gasteiger partial charge in [0.05, 0.1) is 5.69 Å². The third-order valence-electron chi connectivity index (χ3n) is 4.74. The van der Waals surface area contributed by atoms with Gasteiger partial charge in [-0.05, 0) is 39.8 Å². The van der Waals surface area contributed by atoms with Crippen molar-refractivity contribution in [3.63, 3.8) is 0 Å². The van der Waals surface area contributed by atoms with Crippen LogP contribution < -0.4 is 10.9 Å². The molecule has 142 valence electrons. The third-order valence-corrected chi connectivity index (χ3v) is 4.74. The van der Waals surface area contributed by atoms with Gasteiger partial charge in [-0.25, -0.2) is 5.10 Å². The minimum atomic E-state index is -0.484. The predicted molar refractivity (Wildman–Crippen MR) is 107 cm³/mol. The second-order valence-corrected chi connectivity index (χ2v) is 6.54. The van der Waals surface area contributed by atoms with Crippen molar-refractivity contribution >= 4 is 23.8 Å². The first-order valence-electron chi connectivity index (χ1n) is 8.90. The molecule has 0 amide bonds. The molecule has 9 heteroatoms. The van der Waals surface area contributed by atoms with Crippen LogP contribution in [-0.4, -0.2) is 35.5 Å². The van der Waals surface area contributed by atoms with Crippen molar-refractivity contribution in [1.82, 2.24) is 30.4 Å². The van der Waals surface area contributed by atoms with Crippen molar-refractivity contribution in [2.75, 3.05) is 5.32 Å². The number of anilines is 2. The van der Waals surface area contributed by atoms with Crippen LogP contribution in [0.3, 0.4) is 0 Å². The second-order valence-electron chi connectivity index (χ2n) is 6.54. The summed E-state index contributed by atoms with van der Waals surface area (Å²) in [5, 5.41) is 31.3. The van der Waals surface area contributed by atoms with Crippen molar-refractivity contribution in [2.24, 2.45) is 0 Å². The van der Waals surface area contributed by atoms with E-state index in [0.29, 0.717) is 22.9 Å². The van der Waals surface area contributed by atoms with Crippen LogP contribution in [0.2, 0.25) is 0 Å². The third kappa shape index (κ3) is 2.94. The van der Waals surface area contributed by atoms with Gasteiger partial charge >= 0.3 is 0 Å². The molecule has 0 spiro atoms. The lowest BCUT2D eigenvalue weighted by atomic mass is 9.94. The fraction of sp³-hybridized carbons (Fsp3) is 0.0500. The molecule has 1 atom stereocenters. The Hall–Kier alpha value is -4.27. The maximum absolute atomic E-state index is 12.5. The van der Waals surface area contributed by atoms with Gasteiger partial charge in [0.1, 0.15) is 17.5 Å². The van der Waals surface area contributed by atoms with E-state index in [1.54, 1.807) is 28.9 Å². The minimum absolute atomic E-state index is 0.146. The quantitative estimate of drug-likeness (QED) is 0.436. The van der Waals surface area contributed by atoms with Crippen LogP contribution in [0, 0.1) is 0 Å². The van der Waals surface area contributed by atoms with Crippen LogP contribution in [0.1, 0.15) is 28.4 Å². The van der Waals surface area contributed by atoms with Crippen molar-refractivity contribution in [2.45, 2.75) is 6.04 Å². The average molecular weight is 385 g/mol.